The summed E-state index contributed by atoms with van der Waals surface area (Å²) in [6.45, 7) is 29.0. The summed E-state index contributed by atoms with van der Waals surface area (Å²) in [4.78, 5) is 75.1. The smallest absolute Gasteiger partial charge is 0.213 e. The van der Waals surface area contributed by atoms with Crippen LogP contribution in [0.25, 0.3) is 56.9 Å². The summed E-state index contributed by atoms with van der Waals surface area (Å²) < 4.78 is 141. The van der Waals surface area contributed by atoms with Crippen molar-refractivity contribution >= 4 is 107 Å². The molecular formula is C97H130N24O16S5. The lowest BCUT2D eigenvalue weighted by Crippen LogP contribution is -2.44. The summed E-state index contributed by atoms with van der Waals surface area (Å²) in [6.07, 6.45) is 15.8. The van der Waals surface area contributed by atoms with Gasteiger partial charge in [-0.25, -0.2) is 90.8 Å². The Morgan fingerprint density at radius 3 is 0.746 bits per heavy atom. The number of benzene rings is 1. The van der Waals surface area contributed by atoms with E-state index in [4.69, 9.17) is 67.3 Å². The molecule has 142 heavy (non-hydrogen) atoms. The number of aryl methyl sites for hydroxylation is 4. The van der Waals surface area contributed by atoms with Gasteiger partial charge in [-0.15, -0.1) is 0 Å². The Morgan fingerprint density at radius 2 is 0.535 bits per heavy atom. The van der Waals surface area contributed by atoms with E-state index >= 15 is 0 Å². The molecule has 1 unspecified atom stereocenters. The third kappa shape index (κ3) is 28.0. The minimum absolute atomic E-state index is 0.0788. The molecule has 9 atom stereocenters. The molecule has 40 nitrogen and oxygen atoms in total. The van der Waals surface area contributed by atoms with Crippen molar-refractivity contribution in [3.05, 3.63) is 126 Å². The number of hydrogen-bond acceptors (Lipinski definition) is 40. The van der Waals surface area contributed by atoms with Crippen molar-refractivity contribution in [1.82, 2.24) is 69.8 Å². The molecule has 10 aromatic rings. The quantitative estimate of drug-likeness (QED) is 0.0621. The third-order valence-corrected chi connectivity index (χ3v) is 34.0. The molecule has 1 aromatic carbocycles. The molecule has 19 rings (SSSR count). The maximum Gasteiger partial charge on any atom is 0.213 e. The maximum absolute atomic E-state index is 13.1. The second-order valence-electron chi connectivity index (χ2n) is 37.2. The van der Waals surface area contributed by atoms with Crippen LogP contribution in [0.2, 0.25) is 0 Å². The van der Waals surface area contributed by atoms with Crippen molar-refractivity contribution in [1.29, 1.82) is 0 Å². The molecule has 764 valence electrons. The monoisotopic (exact) mass is 2050 g/mol. The first kappa shape index (κ1) is 105. The number of nitrogens with zero attached hydrogens (tertiary/aromatic N) is 24. The van der Waals surface area contributed by atoms with Crippen molar-refractivity contribution in [2.75, 3.05) is 202 Å². The van der Waals surface area contributed by atoms with E-state index in [0.717, 1.165) is 126 Å². The van der Waals surface area contributed by atoms with Crippen LogP contribution in [0.5, 0.6) is 29.3 Å². The number of phenols is 1. The fourth-order valence-corrected chi connectivity index (χ4v) is 23.2. The number of rotatable bonds is 23. The summed E-state index contributed by atoms with van der Waals surface area (Å²) in [7, 11) is -5.45. The van der Waals surface area contributed by atoms with E-state index in [9.17, 15) is 26.2 Å². The summed E-state index contributed by atoms with van der Waals surface area (Å²) >= 11 is 0. The van der Waals surface area contributed by atoms with Crippen molar-refractivity contribution < 1.29 is 73.5 Å². The van der Waals surface area contributed by atoms with Gasteiger partial charge in [-0.2, -0.15) is 21.8 Å². The van der Waals surface area contributed by atoms with E-state index < -0.39 is 48.6 Å². The molecule has 9 aromatic heterocycles. The molecule has 9 fully saturated rings. The van der Waals surface area contributed by atoms with Gasteiger partial charge in [0.2, 0.25) is 23.5 Å². The maximum atomic E-state index is 13.1. The average Bonchev–Trinajstić information content (AvgIpc) is 1.47. The Morgan fingerprint density at radius 1 is 0.296 bits per heavy atom. The topological polar surface area (TPSA) is 456 Å². The van der Waals surface area contributed by atoms with Crippen LogP contribution in [0.4, 0.5) is 58.2 Å². The lowest BCUT2D eigenvalue weighted by atomic mass is 10.2. The number of ether oxygens (including phenoxy) is 10. The van der Waals surface area contributed by atoms with Crippen molar-refractivity contribution in [3.63, 3.8) is 0 Å². The molecule has 0 bridgehead atoms. The summed E-state index contributed by atoms with van der Waals surface area (Å²) in [5.74, 6) is 10.5. The van der Waals surface area contributed by atoms with Crippen molar-refractivity contribution in [2.45, 2.75) is 152 Å². The van der Waals surface area contributed by atoms with Crippen molar-refractivity contribution in [2.24, 2.45) is 21.8 Å². The first-order valence-corrected chi connectivity index (χ1v) is 57.7. The molecule has 3 aliphatic carbocycles. The van der Waals surface area contributed by atoms with Gasteiger partial charge in [0, 0.05) is 201 Å². The van der Waals surface area contributed by atoms with Gasteiger partial charge in [0.15, 0.2) is 58.2 Å². The normalized spacial score (nSPS) is 21.0. The van der Waals surface area contributed by atoms with Crippen LogP contribution in [0.1, 0.15) is 95.9 Å². The zero-order chi connectivity index (χ0) is 101. The average molecular weight is 2050 g/mol. The van der Waals surface area contributed by atoms with Gasteiger partial charge in [0.1, 0.15) is 34.8 Å². The highest BCUT2D eigenvalue weighted by atomic mass is 32.2. The fourth-order valence-electron chi connectivity index (χ4n) is 16.4. The van der Waals surface area contributed by atoms with Gasteiger partial charge < -0.3 is 77.0 Å². The SMILES string of the molecule is COc1cc(-c2nc(N=S(C)(=O)C3CC3)cc(N3CCOC[C@H]3C)n2)cc(C)n1.COc1cc(-c2nc(N=[S@@](C)(=O)C3CC3)cc(N3CCOC[C@H]3C)n2)cc(C)n1.COc1cc(-c2nc(N=[S@](C)(=O)C3CC3)cc(N3CCOC[C@H]3C)n2)cc(C)n1.COc1cc(-c2nc(N=[S@](C)(=O)C3COC3)cc(N3CCOC[C@H]3C)n2)cc(C)n1.C[C@@H]1COCCN1c1cc(N=S(C)(C)=O)nc(-c2cccc(O)c2)n1. The number of aromatic hydroxyl groups is 1. The number of morpholine rings is 5. The first-order valence-electron chi connectivity index (χ1n) is 47.4. The van der Waals surface area contributed by atoms with Gasteiger partial charge >= 0.3 is 0 Å². The Kier molecular flexibility index (Phi) is 33.9. The molecule has 1 N–H and O–H groups in total. The zero-order valence-corrected chi connectivity index (χ0v) is 88.2. The highest BCUT2D eigenvalue weighted by Crippen LogP contribution is 2.40. The van der Waals surface area contributed by atoms with Crippen LogP contribution in [0, 0.1) is 27.7 Å². The number of pyridine rings is 4. The summed E-state index contributed by atoms with van der Waals surface area (Å²) in [5, 5.41) is 10.1. The van der Waals surface area contributed by atoms with Crippen LogP contribution in [0.3, 0.4) is 0 Å². The standard InChI is InChI=1S/C20H27N5O4S.3C20H27N5O3S.C17H22N4O3S/c1-13-7-15(8-19(21-13)27-3)20-22-17(24-30(4,26)16-11-29-12-16)9-18(23-20)25-5-6-28-10-14(25)2;3*1-13-9-15(10-19(21-13)27-3)20-22-17(24-29(4,26)16-5-6-16)11-18(23-20)25-7-8-28-12-14(25)2;1-12-11-24-8-7-21(12)16-10-15(20-25(2,3)23)18-17(19-16)13-5-4-6-14(22)9-13/h7-9,14,16H,5-6,10-12H2,1-4H3;3*9-11,14,16H,5-8,12H2,1-4H3;4-6,9-10,12,22H,7-8,11H2,1-3H3/t14-,30-;14-,29?;14-,29+;14-,29-;12-/m11111/s1. The lowest BCUT2D eigenvalue weighted by molar-refractivity contribution is 0.0431. The van der Waals surface area contributed by atoms with Crippen molar-refractivity contribution in [3.8, 4) is 86.2 Å². The number of methoxy groups -OCH3 is 4. The Labute approximate surface area is 833 Å². The van der Waals surface area contributed by atoms with Gasteiger partial charge in [0.25, 0.3) is 0 Å². The number of phenolic OH excluding ortho intramolecular Hbond substituents is 1. The summed E-state index contributed by atoms with van der Waals surface area (Å²) in [5.41, 5.74) is 7.05. The Hall–Kier alpha value is -11.3. The number of anilines is 5. The van der Waals surface area contributed by atoms with Crippen LogP contribution < -0.4 is 43.4 Å². The van der Waals surface area contributed by atoms with Gasteiger partial charge in [-0.05, 0) is 137 Å². The number of aromatic nitrogens is 14. The first-order chi connectivity index (χ1) is 67.7. The highest BCUT2D eigenvalue weighted by molar-refractivity contribution is 7.94. The second kappa shape index (κ2) is 45.8. The highest BCUT2D eigenvalue weighted by Gasteiger charge is 2.36. The van der Waals surface area contributed by atoms with E-state index in [1.807, 2.05) is 94.4 Å². The Balaban J connectivity index is 0.000000134. The van der Waals surface area contributed by atoms with Gasteiger partial charge in [0.05, 0.1) is 182 Å². The van der Waals surface area contributed by atoms with E-state index in [0.29, 0.717) is 185 Å². The minimum atomic E-state index is -2.48. The molecule has 3 saturated carbocycles. The van der Waals surface area contributed by atoms with Crippen LogP contribution in [-0.4, -0.2) is 325 Å². The molecule has 0 spiro atoms. The van der Waals surface area contributed by atoms with Crippen LogP contribution in [-0.2, 0) is 77.1 Å². The molecular weight excluding hydrogens is 1920 g/mol. The van der Waals surface area contributed by atoms with E-state index in [1.165, 1.54) is 0 Å². The molecule has 45 heteroatoms. The molecule has 0 amide bonds. The molecule has 6 saturated heterocycles. The van der Waals surface area contributed by atoms with Gasteiger partial charge in [-0.1, -0.05) is 12.1 Å². The van der Waals surface area contributed by atoms with Crippen LogP contribution in [0.15, 0.2) is 125 Å². The molecule has 6 aliphatic heterocycles. The molecule has 9 aliphatic rings. The van der Waals surface area contributed by atoms with Crippen LogP contribution >= 0.6 is 0 Å². The number of hydrogen-bond donors (Lipinski definition) is 1. The van der Waals surface area contributed by atoms with E-state index in [2.05, 4.69) is 131 Å². The Bertz CT molecular complexity index is 6510. The predicted molar refractivity (Wildman–Crippen MR) is 554 cm³/mol. The molecule has 0 radical (unpaired) electrons. The minimum Gasteiger partial charge on any atom is -0.508 e. The molecule has 15 heterocycles. The second-order valence-corrected chi connectivity index (χ2v) is 50.0. The lowest BCUT2D eigenvalue weighted by Gasteiger charge is -2.34. The van der Waals surface area contributed by atoms with E-state index in [1.54, 1.807) is 102 Å². The zero-order valence-electron chi connectivity index (χ0n) is 84.1. The third-order valence-electron chi connectivity index (χ3n) is 24.6. The fraction of sp³-hybridized carbons (Fsp3) is 0.526. The van der Waals surface area contributed by atoms with E-state index in [-0.39, 0.29) is 57.0 Å². The van der Waals surface area contributed by atoms with Gasteiger partial charge in [-0.3, -0.25) is 0 Å². The summed E-state index contributed by atoms with van der Waals surface area (Å²) in [6, 6.07) is 31.5. The largest absolute Gasteiger partial charge is 0.508 e. The predicted octanol–water partition coefficient (Wildman–Crippen LogP) is 13.6.